The summed E-state index contributed by atoms with van der Waals surface area (Å²) in [6.45, 7) is 1.95. The lowest BCUT2D eigenvalue weighted by molar-refractivity contribution is 0.0816. The molecule has 0 saturated heterocycles. The van der Waals surface area contributed by atoms with Gasteiger partial charge in [-0.3, -0.25) is 9.59 Å². The summed E-state index contributed by atoms with van der Waals surface area (Å²) in [5.74, 6) is 0.211. The minimum atomic E-state index is -0.585. The molecule has 3 rings (SSSR count). The summed E-state index contributed by atoms with van der Waals surface area (Å²) in [4.78, 5) is 27.0. The van der Waals surface area contributed by atoms with Gasteiger partial charge in [-0.1, -0.05) is 49.4 Å². The number of rotatable bonds is 9. The first kappa shape index (κ1) is 21.3. The molecule has 0 heterocycles. The zero-order valence-electron chi connectivity index (χ0n) is 17.5. The number of Topliss-reactive ketones (excluding diaryl/α,β-unsaturated/α-hetero) is 2. The molecule has 0 aliphatic rings. The molecule has 3 aromatic rings. The van der Waals surface area contributed by atoms with Crippen LogP contribution in [0, 0.1) is 5.92 Å². The Morgan fingerprint density at radius 1 is 0.700 bits per heavy atom. The molecular weight excluding hydrogens is 376 g/mol. The number of ketones is 2. The van der Waals surface area contributed by atoms with Crippen molar-refractivity contribution >= 4 is 11.6 Å². The Hall–Kier alpha value is -3.40. The van der Waals surface area contributed by atoms with Crippen molar-refractivity contribution in [1.29, 1.82) is 0 Å². The van der Waals surface area contributed by atoms with Crippen LogP contribution in [0.25, 0.3) is 0 Å². The first-order valence-electron chi connectivity index (χ1n) is 10.0. The number of hydrogen-bond acceptors (Lipinski definition) is 4. The SMILES string of the molecule is CCC(C(=O)c1ccc(OC)cc1)C(C(=O)c1ccccc1)c1ccc(OC)cc1. The van der Waals surface area contributed by atoms with Crippen molar-refractivity contribution in [2.75, 3.05) is 14.2 Å². The first-order valence-corrected chi connectivity index (χ1v) is 10.0. The third-order valence-electron chi connectivity index (χ3n) is 5.37. The topological polar surface area (TPSA) is 52.6 Å². The van der Waals surface area contributed by atoms with Gasteiger partial charge >= 0.3 is 0 Å². The van der Waals surface area contributed by atoms with E-state index in [0.717, 1.165) is 5.56 Å². The molecule has 2 atom stereocenters. The van der Waals surface area contributed by atoms with E-state index in [4.69, 9.17) is 9.47 Å². The van der Waals surface area contributed by atoms with E-state index in [1.54, 1.807) is 50.6 Å². The van der Waals surface area contributed by atoms with Gasteiger partial charge in [-0.05, 0) is 48.4 Å². The third-order valence-corrected chi connectivity index (χ3v) is 5.37. The number of ether oxygens (including phenoxy) is 2. The molecule has 0 fully saturated rings. The van der Waals surface area contributed by atoms with Crippen LogP contribution in [0.1, 0.15) is 45.5 Å². The minimum Gasteiger partial charge on any atom is -0.497 e. The smallest absolute Gasteiger partial charge is 0.171 e. The van der Waals surface area contributed by atoms with E-state index in [-0.39, 0.29) is 11.6 Å². The van der Waals surface area contributed by atoms with Crippen LogP contribution >= 0.6 is 0 Å². The molecule has 0 bridgehead atoms. The van der Waals surface area contributed by atoms with Crippen LogP contribution in [0.3, 0.4) is 0 Å². The highest BCUT2D eigenvalue weighted by Gasteiger charge is 2.34. The Labute approximate surface area is 177 Å². The molecule has 0 radical (unpaired) electrons. The fraction of sp³-hybridized carbons (Fsp3) is 0.231. The van der Waals surface area contributed by atoms with Crippen LogP contribution in [0.4, 0.5) is 0 Å². The molecule has 154 valence electrons. The molecule has 4 nitrogen and oxygen atoms in total. The van der Waals surface area contributed by atoms with Crippen LogP contribution in [0.5, 0.6) is 11.5 Å². The molecule has 0 saturated carbocycles. The average molecular weight is 402 g/mol. The molecule has 4 heteroatoms. The van der Waals surface area contributed by atoms with E-state index in [1.165, 1.54) is 0 Å². The van der Waals surface area contributed by atoms with Crippen LogP contribution < -0.4 is 9.47 Å². The quantitative estimate of drug-likeness (QED) is 0.439. The molecule has 0 N–H and O–H groups in total. The Kier molecular flexibility index (Phi) is 7.02. The van der Waals surface area contributed by atoms with Gasteiger partial charge < -0.3 is 9.47 Å². The van der Waals surface area contributed by atoms with Crippen molar-refractivity contribution in [3.8, 4) is 11.5 Å². The number of carbonyl (C=O) groups excluding carboxylic acids is 2. The Bertz CT molecular complexity index is 976. The molecule has 30 heavy (non-hydrogen) atoms. The van der Waals surface area contributed by atoms with E-state index in [2.05, 4.69) is 0 Å². The molecule has 2 unspecified atom stereocenters. The van der Waals surface area contributed by atoms with Crippen LogP contribution in [0.15, 0.2) is 78.9 Å². The van der Waals surface area contributed by atoms with Gasteiger partial charge in [0.25, 0.3) is 0 Å². The van der Waals surface area contributed by atoms with Gasteiger partial charge in [0.15, 0.2) is 11.6 Å². The van der Waals surface area contributed by atoms with Gasteiger partial charge in [-0.2, -0.15) is 0 Å². The van der Waals surface area contributed by atoms with Gasteiger partial charge in [0.05, 0.1) is 20.1 Å². The van der Waals surface area contributed by atoms with Crippen LogP contribution in [0.2, 0.25) is 0 Å². The van der Waals surface area contributed by atoms with Crippen molar-refractivity contribution < 1.29 is 19.1 Å². The highest BCUT2D eigenvalue weighted by atomic mass is 16.5. The van der Waals surface area contributed by atoms with E-state index in [9.17, 15) is 9.59 Å². The van der Waals surface area contributed by atoms with E-state index < -0.39 is 11.8 Å². The van der Waals surface area contributed by atoms with Gasteiger partial charge in [0.2, 0.25) is 0 Å². The van der Waals surface area contributed by atoms with Gasteiger partial charge in [-0.15, -0.1) is 0 Å². The lowest BCUT2D eigenvalue weighted by Crippen LogP contribution is -2.28. The zero-order valence-corrected chi connectivity index (χ0v) is 17.5. The fourth-order valence-corrected chi connectivity index (χ4v) is 3.70. The summed E-state index contributed by atoms with van der Waals surface area (Å²) in [6, 6.07) is 23.6. The first-order chi connectivity index (χ1) is 14.6. The number of methoxy groups -OCH3 is 2. The van der Waals surface area contributed by atoms with Gasteiger partial charge in [-0.25, -0.2) is 0 Å². The normalized spacial score (nSPS) is 12.6. The standard InChI is InChI=1S/C26H26O4/c1-4-23(25(27)20-12-16-22(30-3)17-13-20)24(18-10-14-21(29-2)15-11-18)26(28)19-8-6-5-7-9-19/h5-17,23-24H,4H2,1-3H3. The summed E-state index contributed by atoms with van der Waals surface area (Å²) < 4.78 is 10.4. The lowest BCUT2D eigenvalue weighted by atomic mass is 9.75. The van der Waals surface area contributed by atoms with Gasteiger partial charge in [0, 0.05) is 17.0 Å². The fourth-order valence-electron chi connectivity index (χ4n) is 3.70. The maximum atomic E-state index is 13.5. The highest BCUT2D eigenvalue weighted by molar-refractivity contribution is 6.07. The van der Waals surface area contributed by atoms with Crippen molar-refractivity contribution in [3.05, 3.63) is 95.6 Å². The summed E-state index contributed by atoms with van der Waals surface area (Å²) >= 11 is 0. The number of carbonyl (C=O) groups is 2. The molecule has 0 amide bonds. The molecule has 0 aliphatic carbocycles. The zero-order chi connectivity index (χ0) is 21.5. The van der Waals surface area contributed by atoms with Crippen LogP contribution in [-0.4, -0.2) is 25.8 Å². The van der Waals surface area contributed by atoms with Crippen molar-refractivity contribution in [2.24, 2.45) is 5.92 Å². The summed E-state index contributed by atoms with van der Waals surface area (Å²) in [5, 5.41) is 0. The summed E-state index contributed by atoms with van der Waals surface area (Å²) in [5.41, 5.74) is 1.97. The molecule has 0 aliphatic heterocycles. The lowest BCUT2D eigenvalue weighted by Gasteiger charge is -2.25. The van der Waals surface area contributed by atoms with E-state index >= 15 is 0 Å². The number of hydrogen-bond donors (Lipinski definition) is 0. The monoisotopic (exact) mass is 402 g/mol. The Morgan fingerprint density at radius 2 is 1.20 bits per heavy atom. The van der Waals surface area contributed by atoms with Crippen molar-refractivity contribution in [2.45, 2.75) is 19.3 Å². The second kappa shape index (κ2) is 9.88. The predicted octanol–water partition coefficient (Wildman–Crippen LogP) is 5.58. The van der Waals surface area contributed by atoms with Crippen molar-refractivity contribution in [3.63, 3.8) is 0 Å². The predicted molar refractivity (Wildman–Crippen MR) is 118 cm³/mol. The Balaban J connectivity index is 2.03. The van der Waals surface area contributed by atoms with E-state index in [1.807, 2.05) is 49.4 Å². The van der Waals surface area contributed by atoms with Crippen molar-refractivity contribution in [1.82, 2.24) is 0 Å². The molecular formula is C26H26O4. The minimum absolute atomic E-state index is 0.0507. The third kappa shape index (κ3) is 4.60. The van der Waals surface area contributed by atoms with Crippen LogP contribution in [-0.2, 0) is 0 Å². The van der Waals surface area contributed by atoms with E-state index in [0.29, 0.717) is 29.0 Å². The molecule has 0 aromatic heterocycles. The second-order valence-corrected chi connectivity index (χ2v) is 7.09. The van der Waals surface area contributed by atoms with Gasteiger partial charge in [0.1, 0.15) is 11.5 Å². The Morgan fingerprint density at radius 3 is 1.70 bits per heavy atom. The summed E-state index contributed by atoms with van der Waals surface area (Å²) in [7, 11) is 3.19. The average Bonchev–Trinajstić information content (AvgIpc) is 2.82. The molecule has 0 spiro atoms. The highest BCUT2D eigenvalue weighted by Crippen LogP contribution is 2.34. The second-order valence-electron chi connectivity index (χ2n) is 7.09. The molecule has 3 aromatic carbocycles. The maximum Gasteiger partial charge on any atom is 0.171 e. The summed E-state index contributed by atoms with van der Waals surface area (Å²) in [6.07, 6.45) is 0.542. The maximum absolute atomic E-state index is 13.5. The largest absolute Gasteiger partial charge is 0.497 e. The number of benzene rings is 3.